The van der Waals surface area contributed by atoms with Crippen molar-refractivity contribution in [2.75, 3.05) is 0 Å². The van der Waals surface area contributed by atoms with Crippen LogP contribution in [0.1, 0.15) is 11.3 Å². The number of nitrogens with zero attached hydrogens (tertiary/aromatic N) is 2. The van der Waals surface area contributed by atoms with Gasteiger partial charge in [-0.15, -0.1) is 0 Å². The molecule has 0 aliphatic rings. The van der Waals surface area contributed by atoms with Gasteiger partial charge in [0.15, 0.2) is 0 Å². The van der Waals surface area contributed by atoms with Gasteiger partial charge in [-0.1, -0.05) is 6.07 Å². The van der Waals surface area contributed by atoms with Gasteiger partial charge in [0.05, 0.1) is 18.7 Å². The van der Waals surface area contributed by atoms with Crippen LogP contribution in [0.5, 0.6) is 0 Å². The van der Waals surface area contributed by atoms with Crippen LogP contribution in [0.15, 0.2) is 36.8 Å². The molecule has 1 aromatic carbocycles. The van der Waals surface area contributed by atoms with E-state index in [2.05, 4.69) is 15.3 Å². The molecule has 0 unspecified atom stereocenters. The van der Waals surface area contributed by atoms with E-state index < -0.39 is 11.6 Å². The molecule has 98 valence electrons. The zero-order valence-corrected chi connectivity index (χ0v) is 9.94. The molecule has 0 spiro atoms. The van der Waals surface area contributed by atoms with Crippen LogP contribution in [0.25, 0.3) is 0 Å². The van der Waals surface area contributed by atoms with Crippen LogP contribution in [0, 0.1) is 11.6 Å². The number of amides is 1. The normalized spacial score (nSPS) is 10.2. The summed E-state index contributed by atoms with van der Waals surface area (Å²) in [5.74, 6) is -1.75. The van der Waals surface area contributed by atoms with E-state index in [-0.39, 0.29) is 24.4 Å². The van der Waals surface area contributed by atoms with Gasteiger partial charge in [-0.2, -0.15) is 0 Å². The Hall–Kier alpha value is -2.37. The number of rotatable bonds is 4. The molecule has 1 N–H and O–H groups in total. The fourth-order valence-electron chi connectivity index (χ4n) is 1.51. The van der Waals surface area contributed by atoms with Crippen LogP contribution >= 0.6 is 0 Å². The number of carbonyl (C=O) groups is 1. The Morgan fingerprint density at radius 2 is 2.11 bits per heavy atom. The number of benzene rings is 1. The lowest BCUT2D eigenvalue weighted by atomic mass is 10.1. The maximum absolute atomic E-state index is 13.3. The lowest BCUT2D eigenvalue weighted by Crippen LogP contribution is -2.25. The molecule has 0 saturated heterocycles. The molecule has 0 saturated carbocycles. The van der Waals surface area contributed by atoms with Crippen molar-refractivity contribution >= 4 is 5.91 Å². The van der Waals surface area contributed by atoms with Crippen LogP contribution in [-0.2, 0) is 17.8 Å². The molecule has 0 radical (unpaired) electrons. The Balaban J connectivity index is 1.91. The predicted molar refractivity (Wildman–Crippen MR) is 63.9 cm³/mol. The number of carbonyl (C=O) groups excluding carboxylic acids is 1. The first kappa shape index (κ1) is 13.1. The second kappa shape index (κ2) is 5.99. The molecule has 4 nitrogen and oxygen atoms in total. The first-order valence-electron chi connectivity index (χ1n) is 5.60. The molecule has 0 aliphatic heterocycles. The molecule has 2 aromatic rings. The fourth-order valence-corrected chi connectivity index (χ4v) is 1.51. The predicted octanol–water partition coefficient (Wildman–Crippen LogP) is 1.61. The van der Waals surface area contributed by atoms with Crippen molar-refractivity contribution < 1.29 is 13.6 Å². The molecule has 0 atom stereocenters. The van der Waals surface area contributed by atoms with E-state index in [0.717, 1.165) is 12.1 Å². The third-order valence-corrected chi connectivity index (χ3v) is 2.48. The summed E-state index contributed by atoms with van der Waals surface area (Å²) < 4.78 is 26.0. The molecular weight excluding hydrogens is 252 g/mol. The van der Waals surface area contributed by atoms with Gasteiger partial charge in [0.25, 0.3) is 0 Å². The number of hydrogen-bond acceptors (Lipinski definition) is 3. The molecule has 1 aromatic heterocycles. The van der Waals surface area contributed by atoms with Crippen LogP contribution < -0.4 is 5.32 Å². The minimum absolute atomic E-state index is 0.142. The summed E-state index contributed by atoms with van der Waals surface area (Å²) >= 11 is 0. The lowest BCUT2D eigenvalue weighted by molar-refractivity contribution is -0.120. The standard InChI is InChI=1S/C13H11F2N3O/c14-10-2-1-9(12(15)6-10)5-13(19)17-7-11-3-4-16-8-18-11/h1-4,6,8H,5,7H2,(H,17,19). The molecular formula is C13H11F2N3O. The van der Waals surface area contributed by atoms with Crippen molar-refractivity contribution in [3.63, 3.8) is 0 Å². The summed E-state index contributed by atoms with van der Waals surface area (Å²) in [6.07, 6.45) is 2.80. The zero-order chi connectivity index (χ0) is 13.7. The van der Waals surface area contributed by atoms with Gasteiger partial charge in [-0.25, -0.2) is 18.7 Å². The van der Waals surface area contributed by atoms with Crippen molar-refractivity contribution in [2.45, 2.75) is 13.0 Å². The van der Waals surface area contributed by atoms with Crippen LogP contribution in [0.3, 0.4) is 0 Å². The highest BCUT2D eigenvalue weighted by Gasteiger charge is 2.09. The van der Waals surface area contributed by atoms with Crippen molar-refractivity contribution in [3.8, 4) is 0 Å². The summed E-state index contributed by atoms with van der Waals surface area (Å²) in [6, 6.07) is 4.80. The maximum atomic E-state index is 13.3. The van der Waals surface area contributed by atoms with E-state index in [1.54, 1.807) is 12.3 Å². The smallest absolute Gasteiger partial charge is 0.224 e. The van der Waals surface area contributed by atoms with E-state index in [1.165, 1.54) is 12.4 Å². The molecule has 1 amide bonds. The van der Waals surface area contributed by atoms with Crippen molar-refractivity contribution in [1.82, 2.24) is 15.3 Å². The summed E-state index contributed by atoms with van der Waals surface area (Å²) in [7, 11) is 0. The molecule has 1 heterocycles. The van der Waals surface area contributed by atoms with Gasteiger partial charge in [-0.3, -0.25) is 4.79 Å². The molecule has 6 heteroatoms. The van der Waals surface area contributed by atoms with Crippen LogP contribution in [0.2, 0.25) is 0 Å². The number of nitrogens with one attached hydrogen (secondary N) is 1. The highest BCUT2D eigenvalue weighted by atomic mass is 19.1. The van der Waals surface area contributed by atoms with Crippen LogP contribution in [0.4, 0.5) is 8.78 Å². The minimum Gasteiger partial charge on any atom is -0.350 e. The first-order valence-corrected chi connectivity index (χ1v) is 5.60. The van der Waals surface area contributed by atoms with Gasteiger partial charge < -0.3 is 5.32 Å². The second-order valence-electron chi connectivity index (χ2n) is 3.89. The largest absolute Gasteiger partial charge is 0.350 e. The van der Waals surface area contributed by atoms with Gasteiger partial charge in [0.2, 0.25) is 5.91 Å². The van der Waals surface area contributed by atoms with E-state index in [9.17, 15) is 13.6 Å². The minimum atomic E-state index is -0.725. The number of halogens is 2. The van der Waals surface area contributed by atoms with Crippen molar-refractivity contribution in [2.24, 2.45) is 0 Å². The monoisotopic (exact) mass is 263 g/mol. The molecule has 0 aliphatic carbocycles. The maximum Gasteiger partial charge on any atom is 0.224 e. The molecule has 0 bridgehead atoms. The average molecular weight is 263 g/mol. The number of aromatic nitrogens is 2. The van der Waals surface area contributed by atoms with E-state index in [4.69, 9.17) is 0 Å². The van der Waals surface area contributed by atoms with Gasteiger partial charge in [0.1, 0.15) is 18.0 Å². The Kier molecular flexibility index (Phi) is 4.12. The first-order chi connectivity index (χ1) is 9.15. The quantitative estimate of drug-likeness (QED) is 0.911. The Morgan fingerprint density at radius 1 is 1.26 bits per heavy atom. The summed E-state index contributed by atoms with van der Waals surface area (Å²) in [6.45, 7) is 0.240. The SMILES string of the molecule is O=C(Cc1ccc(F)cc1F)NCc1ccncn1. The highest BCUT2D eigenvalue weighted by molar-refractivity contribution is 5.78. The van der Waals surface area contributed by atoms with E-state index >= 15 is 0 Å². The van der Waals surface area contributed by atoms with E-state index in [1.807, 2.05) is 0 Å². The second-order valence-corrected chi connectivity index (χ2v) is 3.89. The molecule has 2 rings (SSSR count). The van der Waals surface area contributed by atoms with Gasteiger partial charge >= 0.3 is 0 Å². The zero-order valence-electron chi connectivity index (χ0n) is 9.94. The van der Waals surface area contributed by atoms with Crippen molar-refractivity contribution in [1.29, 1.82) is 0 Å². The molecule has 0 fully saturated rings. The Labute approximate surface area is 108 Å². The Bertz CT molecular complexity index is 575. The highest BCUT2D eigenvalue weighted by Crippen LogP contribution is 2.10. The summed E-state index contributed by atoms with van der Waals surface area (Å²) in [5.41, 5.74) is 0.810. The average Bonchev–Trinajstić information content (AvgIpc) is 2.41. The molecule has 19 heavy (non-hydrogen) atoms. The van der Waals surface area contributed by atoms with Crippen molar-refractivity contribution in [3.05, 3.63) is 59.7 Å². The number of hydrogen-bond donors (Lipinski definition) is 1. The summed E-state index contributed by atoms with van der Waals surface area (Å²) in [5, 5.41) is 2.60. The van der Waals surface area contributed by atoms with E-state index in [0.29, 0.717) is 5.69 Å². The van der Waals surface area contributed by atoms with Gasteiger partial charge in [0, 0.05) is 12.3 Å². The third-order valence-electron chi connectivity index (χ3n) is 2.48. The fraction of sp³-hybridized carbons (Fsp3) is 0.154. The Morgan fingerprint density at radius 3 is 2.79 bits per heavy atom. The topological polar surface area (TPSA) is 54.9 Å². The van der Waals surface area contributed by atoms with Crippen LogP contribution in [-0.4, -0.2) is 15.9 Å². The third kappa shape index (κ3) is 3.80. The summed E-state index contributed by atoms with van der Waals surface area (Å²) in [4.78, 5) is 19.3. The van der Waals surface area contributed by atoms with Gasteiger partial charge in [-0.05, 0) is 17.7 Å². The lowest BCUT2D eigenvalue weighted by Gasteiger charge is -2.05.